The van der Waals surface area contributed by atoms with Crippen molar-refractivity contribution in [1.29, 1.82) is 0 Å². The summed E-state index contributed by atoms with van der Waals surface area (Å²) < 4.78 is 2.44. The summed E-state index contributed by atoms with van der Waals surface area (Å²) >= 11 is 0. The van der Waals surface area contributed by atoms with Crippen molar-refractivity contribution in [3.8, 4) is 39.1 Å². The predicted octanol–water partition coefficient (Wildman–Crippen LogP) is 18.8. The molecule has 1 aliphatic rings. The average Bonchev–Trinajstić information content (AvgIpc) is 3.76. The van der Waals surface area contributed by atoms with E-state index in [1.807, 2.05) is 0 Å². The molecule has 12 aromatic rings. The molecule has 324 valence electrons. The Morgan fingerprint density at radius 1 is 0.353 bits per heavy atom. The fraction of sp³-hybridized carbons (Fsp3) is 0.0909. The Labute approximate surface area is 398 Å². The molecule has 0 saturated heterocycles. The molecule has 0 bridgehead atoms. The molecular formula is C66H50N2. The number of para-hydroxylation sites is 5. The fourth-order valence-electron chi connectivity index (χ4n) is 11.7. The third kappa shape index (κ3) is 6.70. The van der Waals surface area contributed by atoms with Crippen molar-refractivity contribution < 1.29 is 0 Å². The molecule has 1 saturated carbocycles. The molecule has 0 N–H and O–H groups in total. The highest BCUT2D eigenvalue weighted by Crippen LogP contribution is 2.49. The maximum atomic E-state index is 2.53. The van der Waals surface area contributed by atoms with Crippen molar-refractivity contribution in [3.63, 3.8) is 0 Å². The maximum Gasteiger partial charge on any atom is 0.0619 e. The number of hydrogen-bond donors (Lipinski definition) is 0. The van der Waals surface area contributed by atoms with E-state index < -0.39 is 0 Å². The molecule has 11 aromatic carbocycles. The van der Waals surface area contributed by atoms with Crippen molar-refractivity contribution in [2.75, 3.05) is 4.90 Å². The Hall–Kier alpha value is -8.20. The van der Waals surface area contributed by atoms with Gasteiger partial charge in [0.25, 0.3) is 0 Å². The van der Waals surface area contributed by atoms with Gasteiger partial charge in [0.1, 0.15) is 0 Å². The third-order valence-electron chi connectivity index (χ3n) is 14.8. The SMILES string of the molecule is c1ccc(-n2c3ccccc3c3cccc(-c4ccc(N(c5ccccc5-c5cccc6c5ccc5ccccc56)c5ccccc5-c5cccc6cccc(C7CCCCC7)c56)cc4)c32)cc1. The van der Waals surface area contributed by atoms with Crippen LogP contribution < -0.4 is 4.90 Å². The Kier molecular flexibility index (Phi) is 9.97. The first kappa shape index (κ1) is 40.1. The lowest BCUT2D eigenvalue weighted by molar-refractivity contribution is 0.445. The zero-order valence-corrected chi connectivity index (χ0v) is 38.0. The molecular weight excluding hydrogens is 821 g/mol. The first-order chi connectivity index (χ1) is 33.8. The smallest absolute Gasteiger partial charge is 0.0619 e. The topological polar surface area (TPSA) is 8.17 Å². The van der Waals surface area contributed by atoms with Gasteiger partial charge in [0.2, 0.25) is 0 Å². The van der Waals surface area contributed by atoms with Gasteiger partial charge in [-0.2, -0.15) is 0 Å². The summed E-state index contributed by atoms with van der Waals surface area (Å²) in [5.41, 5.74) is 15.7. The molecule has 1 heterocycles. The normalized spacial score (nSPS) is 13.2. The highest BCUT2D eigenvalue weighted by Gasteiger charge is 2.25. The van der Waals surface area contributed by atoms with Crippen LogP contribution in [0.4, 0.5) is 17.1 Å². The molecule has 2 nitrogen and oxygen atoms in total. The van der Waals surface area contributed by atoms with Crippen molar-refractivity contribution in [2.24, 2.45) is 0 Å². The van der Waals surface area contributed by atoms with Gasteiger partial charge >= 0.3 is 0 Å². The molecule has 1 aromatic heterocycles. The van der Waals surface area contributed by atoms with Gasteiger partial charge < -0.3 is 9.47 Å². The Balaban J connectivity index is 1.04. The quantitative estimate of drug-likeness (QED) is 0.138. The molecule has 0 aliphatic heterocycles. The number of aromatic nitrogens is 1. The van der Waals surface area contributed by atoms with Gasteiger partial charge in [-0.15, -0.1) is 0 Å². The zero-order chi connectivity index (χ0) is 45.0. The fourth-order valence-corrected chi connectivity index (χ4v) is 11.7. The predicted molar refractivity (Wildman–Crippen MR) is 290 cm³/mol. The van der Waals surface area contributed by atoms with Gasteiger partial charge in [-0.05, 0) is 116 Å². The maximum absolute atomic E-state index is 2.53. The second-order valence-electron chi connectivity index (χ2n) is 18.6. The average molecular weight is 871 g/mol. The highest BCUT2D eigenvalue weighted by atomic mass is 15.1. The molecule has 0 unspecified atom stereocenters. The van der Waals surface area contributed by atoms with Crippen molar-refractivity contribution in [1.82, 2.24) is 4.57 Å². The van der Waals surface area contributed by atoms with E-state index in [1.165, 1.54) is 125 Å². The zero-order valence-electron chi connectivity index (χ0n) is 38.0. The molecule has 13 rings (SSSR count). The lowest BCUT2D eigenvalue weighted by Gasteiger charge is -2.31. The van der Waals surface area contributed by atoms with Crippen LogP contribution in [0.3, 0.4) is 0 Å². The summed E-state index contributed by atoms with van der Waals surface area (Å²) in [5.74, 6) is 0.567. The molecule has 2 heteroatoms. The van der Waals surface area contributed by atoms with Gasteiger partial charge in [-0.3, -0.25) is 0 Å². The van der Waals surface area contributed by atoms with Crippen LogP contribution in [0, 0.1) is 0 Å². The summed E-state index contributed by atoms with van der Waals surface area (Å²) in [7, 11) is 0. The lowest BCUT2D eigenvalue weighted by Crippen LogP contribution is -2.13. The van der Waals surface area contributed by atoms with Gasteiger partial charge in [-0.1, -0.05) is 213 Å². The number of nitrogens with zero attached hydrogens (tertiary/aromatic N) is 2. The van der Waals surface area contributed by atoms with Crippen LogP contribution in [0.1, 0.15) is 43.6 Å². The van der Waals surface area contributed by atoms with Crippen LogP contribution in [0.25, 0.3) is 93.2 Å². The largest absolute Gasteiger partial charge is 0.309 e. The van der Waals surface area contributed by atoms with Crippen LogP contribution in [0.2, 0.25) is 0 Å². The summed E-state index contributed by atoms with van der Waals surface area (Å²) in [6.45, 7) is 0. The summed E-state index contributed by atoms with van der Waals surface area (Å²) in [6, 6.07) is 87.9. The molecule has 0 radical (unpaired) electrons. The number of anilines is 3. The molecule has 1 fully saturated rings. The summed E-state index contributed by atoms with van der Waals surface area (Å²) in [5, 5.41) is 10.2. The lowest BCUT2D eigenvalue weighted by atomic mass is 9.80. The van der Waals surface area contributed by atoms with E-state index in [0.29, 0.717) is 5.92 Å². The van der Waals surface area contributed by atoms with E-state index in [9.17, 15) is 0 Å². The van der Waals surface area contributed by atoms with Crippen LogP contribution >= 0.6 is 0 Å². The van der Waals surface area contributed by atoms with Crippen molar-refractivity contribution in [3.05, 3.63) is 242 Å². The van der Waals surface area contributed by atoms with Gasteiger partial charge in [-0.25, -0.2) is 0 Å². The first-order valence-electron chi connectivity index (χ1n) is 24.4. The molecule has 1 aliphatic carbocycles. The summed E-state index contributed by atoms with van der Waals surface area (Å²) in [6.07, 6.45) is 6.44. The van der Waals surface area contributed by atoms with Crippen LogP contribution in [-0.2, 0) is 0 Å². The van der Waals surface area contributed by atoms with E-state index >= 15 is 0 Å². The molecule has 0 atom stereocenters. The van der Waals surface area contributed by atoms with Gasteiger partial charge in [0.05, 0.1) is 22.4 Å². The Bertz CT molecular complexity index is 3830. The van der Waals surface area contributed by atoms with Gasteiger partial charge in [0, 0.05) is 38.8 Å². The second kappa shape index (κ2) is 16.9. The standard InChI is InChI=1S/C66H50N2/c1-3-19-45(20-4-1)52-30-15-22-48-23-16-34-60(65(48)52)58-28-10-13-37-63(58)67(62-36-12-9-27-57(62)55-33-18-32-54-51-26-8-7-21-46(51)41-44-56(54)55)50-42-39-47(40-43-50)53-31-17-35-61-59-29-11-14-38-64(59)68(66(53)61)49-24-5-2-6-25-49/h2,5-18,21-45H,1,3-4,19-20H2. The van der Waals surface area contributed by atoms with Crippen LogP contribution in [0.15, 0.2) is 237 Å². The molecule has 68 heavy (non-hydrogen) atoms. The molecule has 0 amide bonds. The van der Waals surface area contributed by atoms with Crippen LogP contribution in [0.5, 0.6) is 0 Å². The Morgan fingerprint density at radius 2 is 0.926 bits per heavy atom. The minimum Gasteiger partial charge on any atom is -0.309 e. The van der Waals surface area contributed by atoms with E-state index in [1.54, 1.807) is 0 Å². The minimum atomic E-state index is 0.567. The monoisotopic (exact) mass is 870 g/mol. The van der Waals surface area contributed by atoms with Crippen molar-refractivity contribution >= 4 is 71.2 Å². The number of hydrogen-bond acceptors (Lipinski definition) is 1. The van der Waals surface area contributed by atoms with E-state index in [-0.39, 0.29) is 0 Å². The minimum absolute atomic E-state index is 0.567. The number of rotatable bonds is 8. The van der Waals surface area contributed by atoms with Crippen molar-refractivity contribution in [2.45, 2.75) is 38.0 Å². The number of fused-ring (bicyclic) bond motifs is 7. The van der Waals surface area contributed by atoms with Crippen LogP contribution in [-0.4, -0.2) is 4.57 Å². The van der Waals surface area contributed by atoms with E-state index in [2.05, 4.69) is 246 Å². The Morgan fingerprint density at radius 3 is 1.72 bits per heavy atom. The molecule has 0 spiro atoms. The van der Waals surface area contributed by atoms with E-state index in [0.717, 1.165) is 22.7 Å². The summed E-state index contributed by atoms with van der Waals surface area (Å²) in [4.78, 5) is 2.53. The third-order valence-corrected chi connectivity index (χ3v) is 14.8. The highest BCUT2D eigenvalue weighted by molar-refractivity contribution is 6.15. The second-order valence-corrected chi connectivity index (χ2v) is 18.6. The first-order valence-corrected chi connectivity index (χ1v) is 24.4. The van der Waals surface area contributed by atoms with Gasteiger partial charge in [0.15, 0.2) is 0 Å². The number of benzene rings is 11. The van der Waals surface area contributed by atoms with E-state index in [4.69, 9.17) is 0 Å².